The zero-order valence-electron chi connectivity index (χ0n) is 14.1. The van der Waals surface area contributed by atoms with Crippen molar-refractivity contribution in [2.24, 2.45) is 11.8 Å². The lowest BCUT2D eigenvalue weighted by molar-refractivity contribution is -0.384. The van der Waals surface area contributed by atoms with E-state index in [1.807, 2.05) is 0 Å². The van der Waals surface area contributed by atoms with Crippen molar-refractivity contribution in [3.05, 3.63) is 45.6 Å². The summed E-state index contributed by atoms with van der Waals surface area (Å²) in [5.41, 5.74) is -0.0499. The molecule has 1 heterocycles. The van der Waals surface area contributed by atoms with Crippen molar-refractivity contribution in [2.45, 2.75) is 38.7 Å². The Labute approximate surface area is 149 Å². The van der Waals surface area contributed by atoms with Crippen molar-refractivity contribution < 1.29 is 14.8 Å². The van der Waals surface area contributed by atoms with Crippen LogP contribution in [0.5, 0.6) is 0 Å². The molecule has 2 aromatic rings. The second-order valence-electron chi connectivity index (χ2n) is 7.00. The van der Waals surface area contributed by atoms with E-state index in [9.17, 15) is 20.0 Å². The quantitative estimate of drug-likeness (QED) is 0.492. The highest BCUT2D eigenvalue weighted by molar-refractivity contribution is 7.17. The molecule has 7 heteroatoms. The monoisotopic (exact) mass is 360 g/mol. The maximum atomic E-state index is 12.8. The summed E-state index contributed by atoms with van der Waals surface area (Å²) < 4.78 is 0. The van der Waals surface area contributed by atoms with Gasteiger partial charge in [-0.15, -0.1) is 11.3 Å². The Bertz CT molecular complexity index is 792. The van der Waals surface area contributed by atoms with E-state index in [0.29, 0.717) is 5.01 Å². The van der Waals surface area contributed by atoms with Crippen LogP contribution in [0.25, 0.3) is 10.4 Å². The molecule has 2 atom stereocenters. The van der Waals surface area contributed by atoms with E-state index in [2.05, 4.69) is 4.98 Å². The average molecular weight is 360 g/mol. The number of carbonyl (C=O) groups excluding carboxylic acids is 1. The zero-order valence-corrected chi connectivity index (χ0v) is 15.0. The standard InChI is InChI=1S/C18H20N2O4S/c1-18(2,22)14-5-3-4-13(14)16(21)17-19-10-15(25-17)11-6-8-12(9-7-11)20(23)24/h6-10,13-14,22H,3-5H2,1-2H3/t13-,14-/m1/s1. The normalized spacial score (nSPS) is 20.6. The lowest BCUT2D eigenvalue weighted by Gasteiger charge is -2.29. The molecular weight excluding hydrogens is 340 g/mol. The number of rotatable bonds is 5. The molecule has 1 aliphatic rings. The van der Waals surface area contributed by atoms with Gasteiger partial charge in [0.2, 0.25) is 0 Å². The highest BCUT2D eigenvalue weighted by Crippen LogP contribution is 2.41. The highest BCUT2D eigenvalue weighted by Gasteiger charge is 2.42. The van der Waals surface area contributed by atoms with Gasteiger partial charge in [-0.25, -0.2) is 4.98 Å². The van der Waals surface area contributed by atoms with Crippen molar-refractivity contribution in [2.75, 3.05) is 0 Å². The molecule has 0 radical (unpaired) electrons. The molecule has 0 saturated heterocycles. The molecule has 3 rings (SSSR count). The van der Waals surface area contributed by atoms with Gasteiger partial charge in [-0.1, -0.05) is 6.42 Å². The number of hydrogen-bond donors (Lipinski definition) is 1. The van der Waals surface area contributed by atoms with Crippen LogP contribution in [0, 0.1) is 22.0 Å². The fourth-order valence-electron chi connectivity index (χ4n) is 3.55. The van der Waals surface area contributed by atoms with E-state index in [1.54, 1.807) is 32.2 Å². The fraction of sp³-hybridized carbons (Fsp3) is 0.444. The predicted molar refractivity (Wildman–Crippen MR) is 95.7 cm³/mol. The van der Waals surface area contributed by atoms with E-state index in [1.165, 1.54) is 23.5 Å². The van der Waals surface area contributed by atoms with Crippen molar-refractivity contribution in [3.63, 3.8) is 0 Å². The average Bonchev–Trinajstić information content (AvgIpc) is 3.23. The van der Waals surface area contributed by atoms with E-state index in [4.69, 9.17) is 0 Å². The molecule has 1 aromatic heterocycles. The minimum atomic E-state index is -0.880. The summed E-state index contributed by atoms with van der Waals surface area (Å²) in [7, 11) is 0. The summed E-state index contributed by atoms with van der Waals surface area (Å²) in [6.07, 6.45) is 4.19. The van der Waals surface area contributed by atoms with Crippen molar-refractivity contribution in [3.8, 4) is 10.4 Å². The first-order valence-corrected chi connectivity index (χ1v) is 9.06. The molecule has 0 bridgehead atoms. The molecule has 1 N–H and O–H groups in total. The van der Waals surface area contributed by atoms with Gasteiger partial charge in [-0.3, -0.25) is 14.9 Å². The number of hydrogen-bond acceptors (Lipinski definition) is 6. The largest absolute Gasteiger partial charge is 0.390 e. The number of Topliss-reactive ketones (excluding diaryl/α,β-unsaturated/α-hetero) is 1. The van der Waals surface area contributed by atoms with E-state index >= 15 is 0 Å². The first-order valence-electron chi connectivity index (χ1n) is 8.24. The van der Waals surface area contributed by atoms with Gasteiger partial charge in [0.1, 0.15) is 0 Å². The molecule has 0 amide bonds. The Morgan fingerprint density at radius 1 is 1.32 bits per heavy atom. The summed E-state index contributed by atoms with van der Waals surface area (Å²) in [4.78, 5) is 28.2. The van der Waals surface area contributed by atoms with Crippen LogP contribution >= 0.6 is 11.3 Å². The van der Waals surface area contributed by atoms with Crippen molar-refractivity contribution >= 4 is 22.8 Å². The number of nitrogens with zero attached hydrogens (tertiary/aromatic N) is 2. The molecule has 132 valence electrons. The van der Waals surface area contributed by atoms with Gasteiger partial charge in [-0.05, 0) is 50.3 Å². The Balaban J connectivity index is 1.81. The molecule has 0 unspecified atom stereocenters. The number of nitro benzene ring substituents is 1. The molecule has 0 spiro atoms. The van der Waals surface area contributed by atoms with Gasteiger partial charge in [0.25, 0.3) is 5.69 Å². The zero-order chi connectivity index (χ0) is 18.2. The van der Waals surface area contributed by atoms with Crippen LogP contribution in [0.15, 0.2) is 30.5 Å². The Kier molecular flexibility index (Phi) is 4.71. The third-order valence-electron chi connectivity index (χ3n) is 4.84. The number of benzene rings is 1. The minimum absolute atomic E-state index is 0.0113. The van der Waals surface area contributed by atoms with Gasteiger partial charge in [0, 0.05) is 24.2 Å². The number of ketones is 1. The maximum absolute atomic E-state index is 12.8. The van der Waals surface area contributed by atoms with Crippen LogP contribution in [0.4, 0.5) is 5.69 Å². The number of nitro groups is 1. The summed E-state index contributed by atoms with van der Waals surface area (Å²) in [6.45, 7) is 3.51. The summed E-state index contributed by atoms with van der Waals surface area (Å²) in [6, 6.07) is 6.21. The molecule has 1 fully saturated rings. The van der Waals surface area contributed by atoms with Crippen molar-refractivity contribution in [1.82, 2.24) is 4.98 Å². The lowest BCUT2D eigenvalue weighted by atomic mass is 9.80. The molecule has 6 nitrogen and oxygen atoms in total. The predicted octanol–water partition coefficient (Wildman–Crippen LogP) is 4.09. The number of aliphatic hydroxyl groups is 1. The SMILES string of the molecule is CC(C)(O)[C@@H]1CCC[C@H]1C(=O)c1ncc(-c2ccc([N+](=O)[O-])cc2)s1. The smallest absolute Gasteiger partial charge is 0.269 e. The van der Waals surface area contributed by atoms with Crippen LogP contribution in [0.1, 0.15) is 42.9 Å². The van der Waals surface area contributed by atoms with Crippen molar-refractivity contribution in [1.29, 1.82) is 0 Å². The minimum Gasteiger partial charge on any atom is -0.390 e. The van der Waals surface area contributed by atoms with Crippen LogP contribution < -0.4 is 0 Å². The number of carbonyl (C=O) groups is 1. The molecule has 0 aliphatic heterocycles. The van der Waals surface area contributed by atoms with Crippen LogP contribution in [-0.4, -0.2) is 26.4 Å². The van der Waals surface area contributed by atoms with E-state index in [0.717, 1.165) is 29.7 Å². The van der Waals surface area contributed by atoms with Gasteiger partial charge in [0.05, 0.1) is 15.4 Å². The first kappa shape index (κ1) is 17.7. The Morgan fingerprint density at radius 3 is 2.60 bits per heavy atom. The van der Waals surface area contributed by atoms with E-state index in [-0.39, 0.29) is 23.3 Å². The molecule has 25 heavy (non-hydrogen) atoms. The summed E-state index contributed by atoms with van der Waals surface area (Å²) in [5.74, 6) is -0.259. The molecular formula is C18H20N2O4S. The van der Waals surface area contributed by atoms with Gasteiger partial charge < -0.3 is 5.11 Å². The summed E-state index contributed by atoms with van der Waals surface area (Å²) in [5, 5.41) is 21.5. The Morgan fingerprint density at radius 2 is 2.00 bits per heavy atom. The summed E-state index contributed by atoms with van der Waals surface area (Å²) >= 11 is 1.30. The lowest BCUT2D eigenvalue weighted by Crippen LogP contribution is -2.36. The Hall–Kier alpha value is -2.12. The van der Waals surface area contributed by atoms with Crippen LogP contribution in [0.3, 0.4) is 0 Å². The van der Waals surface area contributed by atoms with Crippen LogP contribution in [-0.2, 0) is 0 Å². The fourth-order valence-corrected chi connectivity index (χ4v) is 4.47. The molecule has 1 aromatic carbocycles. The number of aromatic nitrogens is 1. The van der Waals surface area contributed by atoms with Crippen LogP contribution in [0.2, 0.25) is 0 Å². The topological polar surface area (TPSA) is 93.3 Å². The second-order valence-corrected chi connectivity index (χ2v) is 8.03. The highest BCUT2D eigenvalue weighted by atomic mass is 32.1. The van der Waals surface area contributed by atoms with Gasteiger partial charge in [0.15, 0.2) is 10.8 Å². The third-order valence-corrected chi connectivity index (χ3v) is 5.90. The number of thiazole rings is 1. The second kappa shape index (κ2) is 6.65. The molecule has 1 saturated carbocycles. The van der Waals surface area contributed by atoms with Gasteiger partial charge in [-0.2, -0.15) is 0 Å². The third kappa shape index (κ3) is 3.62. The first-order chi connectivity index (χ1) is 11.8. The van der Waals surface area contributed by atoms with Gasteiger partial charge >= 0.3 is 0 Å². The number of non-ortho nitro benzene ring substituents is 1. The maximum Gasteiger partial charge on any atom is 0.269 e. The van der Waals surface area contributed by atoms with E-state index < -0.39 is 10.5 Å². The molecule has 1 aliphatic carbocycles.